The van der Waals surface area contributed by atoms with E-state index in [0.717, 1.165) is 28.8 Å². The lowest BCUT2D eigenvalue weighted by Crippen LogP contribution is -2.43. The van der Waals surface area contributed by atoms with Crippen LogP contribution in [0.4, 0.5) is 5.69 Å². The van der Waals surface area contributed by atoms with Gasteiger partial charge in [-0.1, -0.05) is 18.5 Å². The van der Waals surface area contributed by atoms with Crippen LogP contribution in [0.3, 0.4) is 0 Å². The fraction of sp³-hybridized carbons (Fsp3) is 0.316. The number of hydrogen-bond acceptors (Lipinski definition) is 3. The summed E-state index contributed by atoms with van der Waals surface area (Å²) >= 11 is 6.09. The number of fused-ring (bicyclic) bond motifs is 1. The molecule has 2 N–H and O–H groups in total. The van der Waals surface area contributed by atoms with Gasteiger partial charge in [0.2, 0.25) is 0 Å². The van der Waals surface area contributed by atoms with E-state index in [-0.39, 0.29) is 12.1 Å². The predicted octanol–water partition coefficient (Wildman–Crippen LogP) is 4.64. The average Bonchev–Trinajstić information content (AvgIpc) is 2.54. The van der Waals surface area contributed by atoms with Gasteiger partial charge in [-0.25, -0.2) is 0 Å². The van der Waals surface area contributed by atoms with Crippen molar-refractivity contribution in [3.8, 4) is 5.75 Å². The van der Waals surface area contributed by atoms with Gasteiger partial charge in [-0.2, -0.15) is 0 Å². The molecule has 0 saturated heterocycles. The van der Waals surface area contributed by atoms with Crippen LogP contribution >= 0.6 is 11.6 Å². The number of aryl methyl sites for hydroxylation is 2. The zero-order valence-electron chi connectivity index (χ0n) is 14.1. The lowest BCUT2D eigenvalue weighted by atomic mass is 9.99. The maximum absolute atomic E-state index is 12.9. The molecule has 0 radical (unpaired) electrons. The van der Waals surface area contributed by atoms with Crippen LogP contribution < -0.4 is 5.32 Å². The van der Waals surface area contributed by atoms with Crippen LogP contribution in [0.15, 0.2) is 30.3 Å². The Kier molecular flexibility index (Phi) is 4.41. The van der Waals surface area contributed by atoms with Gasteiger partial charge < -0.3 is 15.3 Å². The fourth-order valence-corrected chi connectivity index (χ4v) is 3.37. The first kappa shape index (κ1) is 16.7. The summed E-state index contributed by atoms with van der Waals surface area (Å²) in [6.07, 6.45) is 0.588. The van der Waals surface area contributed by atoms with Gasteiger partial charge in [-0.15, -0.1) is 0 Å². The number of amides is 1. The van der Waals surface area contributed by atoms with E-state index in [1.54, 1.807) is 18.2 Å². The number of hydrogen-bond donors (Lipinski definition) is 2. The lowest BCUT2D eigenvalue weighted by Gasteiger charge is -2.38. The number of halogens is 1. The van der Waals surface area contributed by atoms with E-state index in [2.05, 4.69) is 12.2 Å². The molecule has 1 aliphatic heterocycles. The van der Waals surface area contributed by atoms with Gasteiger partial charge in [0.15, 0.2) is 0 Å². The monoisotopic (exact) mass is 344 g/mol. The van der Waals surface area contributed by atoms with E-state index in [1.165, 1.54) is 0 Å². The van der Waals surface area contributed by atoms with Crippen molar-refractivity contribution in [2.24, 2.45) is 0 Å². The molecular weight excluding hydrogens is 324 g/mol. The molecule has 0 bridgehead atoms. The molecule has 24 heavy (non-hydrogen) atoms. The topological polar surface area (TPSA) is 52.6 Å². The SMILES string of the molecule is CCCN1C(=O)c2ccc(Cl)cc2NC1c1cc(C)c(O)c(C)c1. The molecule has 0 saturated carbocycles. The fourth-order valence-electron chi connectivity index (χ4n) is 3.20. The molecule has 2 aromatic rings. The lowest BCUT2D eigenvalue weighted by molar-refractivity contribution is 0.0683. The third-order valence-corrected chi connectivity index (χ3v) is 4.61. The van der Waals surface area contributed by atoms with Crippen molar-refractivity contribution in [2.75, 3.05) is 11.9 Å². The molecule has 126 valence electrons. The van der Waals surface area contributed by atoms with Crippen LogP contribution in [0.1, 0.15) is 46.6 Å². The normalized spacial score (nSPS) is 16.8. The highest BCUT2D eigenvalue weighted by atomic mass is 35.5. The molecule has 0 fully saturated rings. The van der Waals surface area contributed by atoms with E-state index in [9.17, 15) is 9.90 Å². The molecule has 2 aromatic carbocycles. The second-order valence-corrected chi connectivity index (χ2v) is 6.68. The maximum atomic E-state index is 12.9. The van der Waals surface area contributed by atoms with E-state index in [1.807, 2.05) is 30.9 Å². The van der Waals surface area contributed by atoms with Crippen molar-refractivity contribution in [3.63, 3.8) is 0 Å². The minimum Gasteiger partial charge on any atom is -0.507 e. The van der Waals surface area contributed by atoms with Gasteiger partial charge in [0.25, 0.3) is 5.91 Å². The Labute approximate surface area is 147 Å². The van der Waals surface area contributed by atoms with Gasteiger partial charge in [0.1, 0.15) is 11.9 Å². The van der Waals surface area contributed by atoms with Gasteiger partial charge in [0.05, 0.1) is 11.3 Å². The minimum atomic E-state index is -0.276. The van der Waals surface area contributed by atoms with Gasteiger partial charge in [-0.05, 0) is 67.3 Å². The zero-order valence-corrected chi connectivity index (χ0v) is 14.8. The highest BCUT2D eigenvalue weighted by Crippen LogP contribution is 2.36. The van der Waals surface area contributed by atoms with Crippen molar-refractivity contribution >= 4 is 23.2 Å². The van der Waals surface area contributed by atoms with Gasteiger partial charge in [0, 0.05) is 11.6 Å². The average molecular weight is 345 g/mol. The third kappa shape index (κ3) is 2.82. The summed E-state index contributed by atoms with van der Waals surface area (Å²) in [5, 5.41) is 14.1. The van der Waals surface area contributed by atoms with Crippen LogP contribution in [0.25, 0.3) is 0 Å². The molecule has 4 nitrogen and oxygen atoms in total. The summed E-state index contributed by atoms with van der Waals surface area (Å²) in [5.41, 5.74) is 3.93. The summed E-state index contributed by atoms with van der Waals surface area (Å²) in [6.45, 7) is 6.43. The number of phenolic OH excluding ortho intramolecular Hbond substituents is 1. The molecule has 3 rings (SSSR count). The Balaban J connectivity index is 2.10. The molecule has 0 aliphatic carbocycles. The number of nitrogens with one attached hydrogen (secondary N) is 1. The minimum absolute atomic E-state index is 0.00403. The summed E-state index contributed by atoms with van der Waals surface area (Å²) in [6, 6.07) is 9.13. The van der Waals surface area contributed by atoms with Gasteiger partial charge in [-0.3, -0.25) is 4.79 Å². The number of rotatable bonds is 3. The van der Waals surface area contributed by atoms with Crippen molar-refractivity contribution in [2.45, 2.75) is 33.4 Å². The van der Waals surface area contributed by atoms with Gasteiger partial charge >= 0.3 is 0 Å². The van der Waals surface area contributed by atoms with Crippen LogP contribution in [0.5, 0.6) is 5.75 Å². The zero-order chi connectivity index (χ0) is 17.4. The Morgan fingerprint density at radius 3 is 2.50 bits per heavy atom. The van der Waals surface area contributed by atoms with Crippen LogP contribution in [0.2, 0.25) is 5.02 Å². The summed E-state index contributed by atoms with van der Waals surface area (Å²) in [7, 11) is 0. The Hall–Kier alpha value is -2.20. The number of carbonyl (C=O) groups is 1. The van der Waals surface area contributed by atoms with Crippen LogP contribution in [-0.2, 0) is 0 Å². The second-order valence-electron chi connectivity index (χ2n) is 6.24. The van der Waals surface area contributed by atoms with Crippen molar-refractivity contribution in [1.29, 1.82) is 0 Å². The molecule has 1 unspecified atom stereocenters. The largest absolute Gasteiger partial charge is 0.507 e. The predicted molar refractivity (Wildman–Crippen MR) is 96.7 cm³/mol. The highest BCUT2D eigenvalue weighted by Gasteiger charge is 2.32. The third-order valence-electron chi connectivity index (χ3n) is 4.37. The Morgan fingerprint density at radius 2 is 1.88 bits per heavy atom. The number of anilines is 1. The van der Waals surface area contributed by atoms with E-state index in [0.29, 0.717) is 22.9 Å². The number of nitrogens with zero attached hydrogens (tertiary/aromatic N) is 1. The van der Waals surface area contributed by atoms with Crippen molar-refractivity contribution < 1.29 is 9.90 Å². The van der Waals surface area contributed by atoms with Crippen LogP contribution in [-0.4, -0.2) is 22.5 Å². The first-order valence-electron chi connectivity index (χ1n) is 8.09. The first-order valence-corrected chi connectivity index (χ1v) is 8.47. The highest BCUT2D eigenvalue weighted by molar-refractivity contribution is 6.31. The standard InChI is InChI=1S/C19H21ClN2O2/c1-4-7-22-18(13-8-11(2)17(23)12(3)9-13)21-16-10-14(20)5-6-15(16)19(22)24/h5-6,8-10,18,21,23H,4,7H2,1-3H3. The van der Waals surface area contributed by atoms with E-state index < -0.39 is 0 Å². The molecule has 1 atom stereocenters. The number of aromatic hydroxyl groups is 1. The quantitative estimate of drug-likeness (QED) is 0.852. The molecule has 0 aromatic heterocycles. The molecular formula is C19H21ClN2O2. The molecule has 5 heteroatoms. The summed E-state index contributed by atoms with van der Waals surface area (Å²) in [4.78, 5) is 14.8. The van der Waals surface area contributed by atoms with E-state index in [4.69, 9.17) is 11.6 Å². The van der Waals surface area contributed by atoms with E-state index >= 15 is 0 Å². The molecule has 1 aliphatic rings. The number of benzene rings is 2. The number of phenols is 1. The first-order chi connectivity index (χ1) is 11.4. The Bertz CT molecular complexity index is 781. The molecule has 1 amide bonds. The molecule has 0 spiro atoms. The maximum Gasteiger partial charge on any atom is 0.257 e. The van der Waals surface area contributed by atoms with Crippen molar-refractivity contribution in [1.82, 2.24) is 4.90 Å². The van der Waals surface area contributed by atoms with Crippen LogP contribution in [0, 0.1) is 13.8 Å². The summed E-state index contributed by atoms with van der Waals surface area (Å²) < 4.78 is 0. The number of carbonyl (C=O) groups excluding carboxylic acids is 1. The summed E-state index contributed by atoms with van der Waals surface area (Å²) in [5.74, 6) is 0.294. The smallest absolute Gasteiger partial charge is 0.257 e. The second kappa shape index (κ2) is 6.36. The Morgan fingerprint density at radius 1 is 1.21 bits per heavy atom. The molecule has 1 heterocycles. The van der Waals surface area contributed by atoms with Crippen molar-refractivity contribution in [3.05, 3.63) is 57.6 Å².